The second-order valence-corrected chi connectivity index (χ2v) is 17.3. The number of hydrogen-bond acceptors (Lipinski definition) is 2. The molecule has 1 aliphatic rings. The summed E-state index contributed by atoms with van der Waals surface area (Å²) in [7, 11) is 0. The summed E-state index contributed by atoms with van der Waals surface area (Å²) in [6.07, 6.45) is 0. The van der Waals surface area contributed by atoms with Crippen molar-refractivity contribution in [1.82, 2.24) is 0 Å². The Morgan fingerprint density at radius 3 is 1.57 bits per heavy atom. The number of fused-ring (bicyclic) bond motifs is 14. The van der Waals surface area contributed by atoms with Crippen LogP contribution < -0.4 is 0 Å². The van der Waals surface area contributed by atoms with Crippen LogP contribution in [0, 0.1) is 0 Å². The third kappa shape index (κ3) is 4.00. The minimum absolute atomic E-state index is 0.124. The first kappa shape index (κ1) is 29.7. The molecule has 0 saturated heterocycles. The third-order valence-corrected chi connectivity index (χ3v) is 14.3. The van der Waals surface area contributed by atoms with E-state index in [4.69, 9.17) is 0 Å². The van der Waals surface area contributed by atoms with E-state index < -0.39 is 0 Å². The van der Waals surface area contributed by atoms with Crippen LogP contribution in [0.4, 0.5) is 0 Å². The van der Waals surface area contributed by atoms with Crippen molar-refractivity contribution in [2.24, 2.45) is 0 Å². The van der Waals surface area contributed by atoms with Crippen LogP contribution in [0.1, 0.15) is 25.0 Å². The van der Waals surface area contributed by atoms with E-state index >= 15 is 0 Å². The van der Waals surface area contributed by atoms with Crippen molar-refractivity contribution in [3.8, 4) is 33.4 Å². The third-order valence-electron chi connectivity index (χ3n) is 12.0. The summed E-state index contributed by atoms with van der Waals surface area (Å²) < 4.78 is 5.39. The molecule has 0 radical (unpaired) electrons. The van der Waals surface area contributed by atoms with E-state index in [1.54, 1.807) is 0 Å². The van der Waals surface area contributed by atoms with Gasteiger partial charge in [-0.15, -0.1) is 22.7 Å². The summed E-state index contributed by atoms with van der Waals surface area (Å²) in [5.41, 5.74) is 10.6. The standard InChI is InChI=1S/C51H32S2/c1-51(2)42-25-20-29(27-41(42)39-23-22-37-38(50(39)51)24-26-45-49(37)40-16-8-10-18-44(40)52-45)47-33-12-3-5-14-35(33)48(36-15-6-4-13-34(36)47)30-19-21-32-31-11-7-9-17-43(31)53-46(32)28-30/h3-28H,1-2H3. The molecule has 53 heavy (non-hydrogen) atoms. The van der Waals surface area contributed by atoms with Crippen LogP contribution in [0.2, 0.25) is 0 Å². The molecule has 2 aromatic heterocycles. The fraction of sp³-hybridized carbons (Fsp3) is 0.0588. The average molecular weight is 709 g/mol. The Hall–Kier alpha value is -5.80. The van der Waals surface area contributed by atoms with Gasteiger partial charge in [0.1, 0.15) is 0 Å². The largest absolute Gasteiger partial charge is 0.135 e. The molecule has 248 valence electrons. The maximum Gasteiger partial charge on any atom is 0.0361 e. The quantitative estimate of drug-likeness (QED) is 0.157. The molecule has 0 N–H and O–H groups in total. The molecule has 2 heterocycles. The lowest BCUT2D eigenvalue weighted by molar-refractivity contribution is 0.666. The van der Waals surface area contributed by atoms with E-state index in [0.717, 1.165) is 0 Å². The highest BCUT2D eigenvalue weighted by Crippen LogP contribution is 2.54. The van der Waals surface area contributed by atoms with E-state index in [1.807, 2.05) is 22.7 Å². The fourth-order valence-electron chi connectivity index (χ4n) is 9.76. The van der Waals surface area contributed by atoms with E-state index in [0.29, 0.717) is 0 Å². The topological polar surface area (TPSA) is 0 Å². The molecule has 0 amide bonds. The molecular formula is C51H32S2. The first-order valence-electron chi connectivity index (χ1n) is 18.4. The van der Waals surface area contributed by atoms with Crippen LogP contribution >= 0.6 is 22.7 Å². The van der Waals surface area contributed by atoms with Crippen molar-refractivity contribution in [1.29, 1.82) is 0 Å². The summed E-state index contributed by atoms with van der Waals surface area (Å²) in [6, 6.07) is 59.6. The van der Waals surface area contributed by atoms with E-state index in [9.17, 15) is 0 Å². The normalized spacial score (nSPS) is 13.6. The molecule has 0 fully saturated rings. The van der Waals surface area contributed by atoms with Gasteiger partial charge in [-0.25, -0.2) is 0 Å². The Labute approximate surface area is 315 Å². The molecule has 0 unspecified atom stereocenters. The molecule has 2 heteroatoms. The minimum Gasteiger partial charge on any atom is -0.135 e. The molecule has 0 spiro atoms. The lowest BCUT2D eigenvalue weighted by atomic mass is 9.79. The molecule has 1 aliphatic carbocycles. The first-order valence-corrected chi connectivity index (χ1v) is 20.1. The lowest BCUT2D eigenvalue weighted by Crippen LogP contribution is -2.15. The molecule has 11 aromatic rings. The lowest BCUT2D eigenvalue weighted by Gasteiger charge is -2.23. The number of rotatable bonds is 2. The van der Waals surface area contributed by atoms with E-state index in [-0.39, 0.29) is 5.41 Å². The molecule has 0 saturated carbocycles. The zero-order valence-corrected chi connectivity index (χ0v) is 31.0. The Bertz CT molecular complexity index is 3310. The van der Waals surface area contributed by atoms with Gasteiger partial charge in [0.15, 0.2) is 0 Å². The van der Waals surface area contributed by atoms with Gasteiger partial charge in [0.05, 0.1) is 0 Å². The highest BCUT2D eigenvalue weighted by Gasteiger charge is 2.37. The molecular weight excluding hydrogens is 677 g/mol. The summed E-state index contributed by atoms with van der Waals surface area (Å²) >= 11 is 3.79. The molecule has 0 bridgehead atoms. The van der Waals surface area contributed by atoms with Gasteiger partial charge in [-0.3, -0.25) is 0 Å². The smallest absolute Gasteiger partial charge is 0.0361 e. The van der Waals surface area contributed by atoms with E-state index in [2.05, 4.69) is 172 Å². The van der Waals surface area contributed by atoms with Gasteiger partial charge in [-0.05, 0) is 107 Å². The minimum atomic E-state index is -0.124. The predicted molar refractivity (Wildman–Crippen MR) is 233 cm³/mol. The second kappa shape index (κ2) is 10.6. The van der Waals surface area contributed by atoms with Gasteiger partial charge in [0, 0.05) is 45.8 Å². The zero-order valence-electron chi connectivity index (χ0n) is 29.3. The molecule has 9 aromatic carbocycles. The molecule has 0 atom stereocenters. The number of hydrogen-bond donors (Lipinski definition) is 0. The SMILES string of the molecule is CC1(C)c2ccc(-c3c4ccccc4c(-c4ccc5c(c4)sc4ccccc45)c4ccccc34)cc2-c2ccc3c(ccc4sc5ccccc5c43)c21. The Morgan fingerprint density at radius 2 is 0.868 bits per heavy atom. The Kier molecular flexibility index (Phi) is 5.97. The predicted octanol–water partition coefficient (Wildman–Crippen LogP) is 15.5. The van der Waals surface area contributed by atoms with Crippen molar-refractivity contribution in [2.75, 3.05) is 0 Å². The second-order valence-electron chi connectivity index (χ2n) is 15.2. The molecule has 0 nitrogen and oxygen atoms in total. The highest BCUT2D eigenvalue weighted by molar-refractivity contribution is 7.26. The van der Waals surface area contributed by atoms with Crippen LogP contribution in [-0.4, -0.2) is 0 Å². The van der Waals surface area contributed by atoms with Crippen molar-refractivity contribution < 1.29 is 0 Å². The van der Waals surface area contributed by atoms with Gasteiger partial charge in [0.25, 0.3) is 0 Å². The fourth-order valence-corrected chi connectivity index (χ4v) is 12.0. The van der Waals surface area contributed by atoms with Crippen molar-refractivity contribution in [3.63, 3.8) is 0 Å². The summed E-state index contributed by atoms with van der Waals surface area (Å²) in [4.78, 5) is 0. The van der Waals surface area contributed by atoms with Crippen LogP contribution in [0.3, 0.4) is 0 Å². The van der Waals surface area contributed by atoms with Crippen LogP contribution in [0.25, 0.3) is 106 Å². The van der Waals surface area contributed by atoms with E-state index in [1.165, 1.54) is 117 Å². The summed E-state index contributed by atoms with van der Waals surface area (Å²) in [6.45, 7) is 4.83. The van der Waals surface area contributed by atoms with Gasteiger partial charge in [-0.2, -0.15) is 0 Å². The van der Waals surface area contributed by atoms with Crippen molar-refractivity contribution in [3.05, 3.63) is 169 Å². The van der Waals surface area contributed by atoms with Crippen LogP contribution in [0.15, 0.2) is 158 Å². The highest BCUT2D eigenvalue weighted by atomic mass is 32.1. The zero-order chi connectivity index (χ0) is 35.0. The maximum atomic E-state index is 2.49. The summed E-state index contributed by atoms with van der Waals surface area (Å²) in [5.74, 6) is 0. The van der Waals surface area contributed by atoms with Gasteiger partial charge in [0.2, 0.25) is 0 Å². The number of benzene rings is 9. The van der Waals surface area contributed by atoms with Gasteiger partial charge in [-0.1, -0.05) is 141 Å². The maximum absolute atomic E-state index is 2.49. The summed E-state index contributed by atoms with van der Waals surface area (Å²) in [5, 5.41) is 13.3. The first-order chi connectivity index (χ1) is 26.0. The molecule has 0 aliphatic heterocycles. The molecule has 12 rings (SSSR count). The van der Waals surface area contributed by atoms with Crippen LogP contribution in [-0.2, 0) is 5.41 Å². The number of thiophene rings is 2. The van der Waals surface area contributed by atoms with Crippen LogP contribution in [0.5, 0.6) is 0 Å². The van der Waals surface area contributed by atoms with Crippen molar-refractivity contribution >= 4 is 95.3 Å². The Balaban J connectivity index is 1.09. The Morgan fingerprint density at radius 1 is 0.358 bits per heavy atom. The van der Waals surface area contributed by atoms with Crippen molar-refractivity contribution in [2.45, 2.75) is 19.3 Å². The average Bonchev–Trinajstić information content (AvgIpc) is 3.84. The van der Waals surface area contributed by atoms with Gasteiger partial charge >= 0.3 is 0 Å². The van der Waals surface area contributed by atoms with Gasteiger partial charge < -0.3 is 0 Å². The monoisotopic (exact) mass is 708 g/mol.